The van der Waals surface area contributed by atoms with E-state index in [9.17, 15) is 4.79 Å². The number of anilines is 1. The normalized spacial score (nSPS) is 10.1. The minimum Gasteiger partial charge on any atom is -0.492 e. The highest BCUT2D eigenvalue weighted by Gasteiger charge is 2.05. The number of ether oxygens (including phenoxy) is 1. The van der Waals surface area contributed by atoms with Crippen LogP contribution in [0.15, 0.2) is 47.1 Å². The van der Waals surface area contributed by atoms with Crippen molar-refractivity contribution in [2.24, 2.45) is 0 Å². The first-order valence-electron chi connectivity index (χ1n) is 6.54. The number of nitrogens with one attached hydrogen (secondary N) is 2. The van der Waals surface area contributed by atoms with Crippen molar-refractivity contribution in [1.29, 1.82) is 0 Å². The van der Waals surface area contributed by atoms with Gasteiger partial charge in [0.15, 0.2) is 0 Å². The van der Waals surface area contributed by atoms with Gasteiger partial charge in [-0.1, -0.05) is 12.1 Å². The molecule has 0 unspecified atom stereocenters. The summed E-state index contributed by atoms with van der Waals surface area (Å²) in [5.41, 5.74) is 0.808. The van der Waals surface area contributed by atoms with Crippen molar-refractivity contribution in [2.45, 2.75) is 13.5 Å². The van der Waals surface area contributed by atoms with E-state index in [-0.39, 0.29) is 12.5 Å². The summed E-state index contributed by atoms with van der Waals surface area (Å²) >= 11 is 0. The molecule has 106 valence electrons. The largest absolute Gasteiger partial charge is 0.492 e. The third-order valence-corrected chi connectivity index (χ3v) is 2.67. The van der Waals surface area contributed by atoms with E-state index in [1.165, 1.54) is 0 Å². The molecule has 0 fully saturated rings. The molecule has 20 heavy (non-hydrogen) atoms. The number of hydrogen-bond donors (Lipinski definition) is 2. The third kappa shape index (κ3) is 4.05. The summed E-state index contributed by atoms with van der Waals surface area (Å²) in [7, 11) is 0. The van der Waals surface area contributed by atoms with Crippen LogP contribution in [0.25, 0.3) is 0 Å². The number of carbonyl (C=O) groups is 1. The average Bonchev–Trinajstić information content (AvgIpc) is 2.98. The van der Waals surface area contributed by atoms with Crippen LogP contribution >= 0.6 is 0 Å². The number of carbonyl (C=O) groups excluding carboxylic acids is 1. The van der Waals surface area contributed by atoms with Crippen LogP contribution in [0.4, 0.5) is 5.69 Å². The molecular weight excluding hydrogens is 256 g/mol. The van der Waals surface area contributed by atoms with Crippen LogP contribution in [0, 0.1) is 0 Å². The smallest absolute Gasteiger partial charge is 0.239 e. The minimum absolute atomic E-state index is 0.104. The van der Waals surface area contributed by atoms with Crippen molar-refractivity contribution in [1.82, 2.24) is 5.32 Å². The highest BCUT2D eigenvalue weighted by Crippen LogP contribution is 2.23. The Hall–Kier alpha value is -2.43. The zero-order valence-corrected chi connectivity index (χ0v) is 11.4. The lowest BCUT2D eigenvalue weighted by Gasteiger charge is -2.11. The predicted molar refractivity (Wildman–Crippen MR) is 76.7 cm³/mol. The van der Waals surface area contributed by atoms with Crippen LogP contribution in [0.5, 0.6) is 5.75 Å². The van der Waals surface area contributed by atoms with Crippen LogP contribution in [0.2, 0.25) is 0 Å². The van der Waals surface area contributed by atoms with Gasteiger partial charge in [0.2, 0.25) is 5.91 Å². The van der Waals surface area contributed by atoms with Crippen LogP contribution in [-0.2, 0) is 11.3 Å². The molecular formula is C15H18N2O3. The maximum Gasteiger partial charge on any atom is 0.239 e. The molecule has 0 aliphatic carbocycles. The molecule has 5 nitrogen and oxygen atoms in total. The zero-order valence-electron chi connectivity index (χ0n) is 11.4. The molecule has 1 heterocycles. The molecule has 1 amide bonds. The van der Waals surface area contributed by atoms with Crippen molar-refractivity contribution in [2.75, 3.05) is 18.5 Å². The Bertz CT molecular complexity index is 538. The summed E-state index contributed by atoms with van der Waals surface area (Å²) in [5.74, 6) is 1.37. The number of hydrogen-bond acceptors (Lipinski definition) is 4. The predicted octanol–water partition coefficient (Wildman–Crippen LogP) is 2.41. The van der Waals surface area contributed by atoms with E-state index in [4.69, 9.17) is 9.15 Å². The molecule has 0 atom stereocenters. The first-order chi connectivity index (χ1) is 9.79. The quantitative estimate of drug-likeness (QED) is 0.814. The van der Waals surface area contributed by atoms with Gasteiger partial charge < -0.3 is 19.8 Å². The molecule has 2 rings (SSSR count). The second-order valence-corrected chi connectivity index (χ2v) is 4.14. The fraction of sp³-hybridized carbons (Fsp3) is 0.267. The van der Waals surface area contributed by atoms with E-state index in [1.807, 2.05) is 37.3 Å². The molecule has 0 spiro atoms. The van der Waals surface area contributed by atoms with Gasteiger partial charge in [-0.25, -0.2) is 0 Å². The second-order valence-electron chi connectivity index (χ2n) is 4.14. The summed E-state index contributed by atoms with van der Waals surface area (Å²) in [6.45, 7) is 3.08. The lowest BCUT2D eigenvalue weighted by molar-refractivity contribution is -0.119. The first kappa shape index (κ1) is 14.0. The van der Waals surface area contributed by atoms with Crippen molar-refractivity contribution in [3.8, 4) is 5.75 Å². The van der Waals surface area contributed by atoms with E-state index in [2.05, 4.69) is 10.6 Å². The Morgan fingerprint density at radius 2 is 2.10 bits per heavy atom. The Kier molecular flexibility index (Phi) is 5.06. The van der Waals surface area contributed by atoms with Gasteiger partial charge >= 0.3 is 0 Å². The van der Waals surface area contributed by atoms with Gasteiger partial charge in [-0.05, 0) is 31.2 Å². The van der Waals surface area contributed by atoms with Gasteiger partial charge in [-0.2, -0.15) is 0 Å². The first-order valence-corrected chi connectivity index (χ1v) is 6.54. The lowest BCUT2D eigenvalue weighted by atomic mass is 10.3. The Balaban J connectivity index is 1.81. The highest BCUT2D eigenvalue weighted by molar-refractivity contribution is 5.81. The third-order valence-electron chi connectivity index (χ3n) is 2.67. The van der Waals surface area contributed by atoms with E-state index in [0.29, 0.717) is 13.2 Å². The Morgan fingerprint density at radius 1 is 1.25 bits per heavy atom. The van der Waals surface area contributed by atoms with Gasteiger partial charge in [0, 0.05) is 0 Å². The van der Waals surface area contributed by atoms with Crippen molar-refractivity contribution in [3.63, 3.8) is 0 Å². The molecule has 5 heteroatoms. The average molecular weight is 274 g/mol. The number of furan rings is 1. The second kappa shape index (κ2) is 7.23. The number of amides is 1. The fourth-order valence-corrected chi connectivity index (χ4v) is 1.73. The topological polar surface area (TPSA) is 63.5 Å². The van der Waals surface area contributed by atoms with Gasteiger partial charge in [-0.3, -0.25) is 4.79 Å². The summed E-state index contributed by atoms with van der Waals surface area (Å²) < 4.78 is 10.6. The van der Waals surface area contributed by atoms with Crippen LogP contribution < -0.4 is 15.4 Å². The summed E-state index contributed by atoms with van der Waals surface area (Å²) in [4.78, 5) is 11.7. The molecule has 0 saturated carbocycles. The van der Waals surface area contributed by atoms with E-state index in [0.717, 1.165) is 17.2 Å². The maximum atomic E-state index is 11.7. The maximum absolute atomic E-state index is 11.7. The van der Waals surface area contributed by atoms with Crippen LogP contribution in [-0.4, -0.2) is 19.1 Å². The monoisotopic (exact) mass is 274 g/mol. The molecule has 0 bridgehead atoms. The molecule has 0 radical (unpaired) electrons. The summed E-state index contributed by atoms with van der Waals surface area (Å²) in [5, 5.41) is 5.83. The molecule has 1 aromatic heterocycles. The molecule has 0 aliphatic heterocycles. The molecule has 0 aliphatic rings. The van der Waals surface area contributed by atoms with Crippen molar-refractivity contribution in [3.05, 3.63) is 48.4 Å². The fourth-order valence-electron chi connectivity index (χ4n) is 1.73. The molecule has 1 aromatic carbocycles. The number of rotatable bonds is 7. The Morgan fingerprint density at radius 3 is 2.85 bits per heavy atom. The van der Waals surface area contributed by atoms with Gasteiger partial charge in [0.25, 0.3) is 0 Å². The highest BCUT2D eigenvalue weighted by atomic mass is 16.5. The van der Waals surface area contributed by atoms with Crippen molar-refractivity contribution >= 4 is 11.6 Å². The van der Waals surface area contributed by atoms with Crippen LogP contribution in [0.1, 0.15) is 12.7 Å². The van der Waals surface area contributed by atoms with Crippen molar-refractivity contribution < 1.29 is 13.9 Å². The van der Waals surface area contributed by atoms with Gasteiger partial charge in [-0.15, -0.1) is 0 Å². The van der Waals surface area contributed by atoms with Gasteiger partial charge in [0.05, 0.1) is 31.6 Å². The SMILES string of the molecule is CCOc1ccccc1NCC(=O)NCc1ccco1. The number of para-hydroxylation sites is 2. The molecule has 2 N–H and O–H groups in total. The minimum atomic E-state index is -0.104. The zero-order chi connectivity index (χ0) is 14.2. The lowest BCUT2D eigenvalue weighted by Crippen LogP contribution is -2.29. The molecule has 2 aromatic rings. The van der Waals surface area contributed by atoms with Crippen LogP contribution in [0.3, 0.4) is 0 Å². The summed E-state index contributed by atoms with van der Waals surface area (Å²) in [6.07, 6.45) is 1.58. The number of benzene rings is 1. The van der Waals surface area contributed by atoms with E-state index >= 15 is 0 Å². The van der Waals surface area contributed by atoms with E-state index < -0.39 is 0 Å². The summed E-state index contributed by atoms with van der Waals surface area (Å²) in [6, 6.07) is 11.1. The Labute approximate surface area is 117 Å². The van der Waals surface area contributed by atoms with Gasteiger partial charge in [0.1, 0.15) is 11.5 Å². The standard InChI is InChI=1S/C15H18N2O3/c1-2-19-14-8-4-3-7-13(14)16-11-15(18)17-10-12-6-5-9-20-12/h3-9,16H,2,10-11H2,1H3,(H,17,18). The molecule has 0 saturated heterocycles. The van der Waals surface area contributed by atoms with E-state index in [1.54, 1.807) is 12.3 Å².